The maximum atomic E-state index is 14.1. The first-order valence-corrected chi connectivity index (χ1v) is 14.3. The van der Waals surface area contributed by atoms with Crippen LogP contribution in [0, 0.1) is 12.1 Å². The number of nitrogens with two attached hydrogens (primary N) is 1. The maximum Gasteiger partial charge on any atom is 0.339 e. The number of hydrogen-bond donors (Lipinski definition) is 1. The van der Waals surface area contributed by atoms with E-state index < -0.39 is 5.69 Å². The van der Waals surface area contributed by atoms with E-state index in [0.717, 1.165) is 18.4 Å². The third-order valence-corrected chi connectivity index (χ3v) is 7.91. The van der Waals surface area contributed by atoms with Crippen molar-refractivity contribution < 1.29 is 14.2 Å². The number of nitrogens with zero attached hydrogens (tertiary/aromatic N) is 6. The standard InChI is InChI=1S/C33H33N7O4/c1-22-11-12-24(20-28(22)37(2)29(41)10-7-19-40(3,43)25-15-16-25)39-32-30(31(34)35-21-36-32)38(33(39)42)23-13-17-27(18-14-23)44-26-8-5-4-6-9-26/h4-14,17-18,20-21,25H,15-16,19H2,1-3H3,(H2,34,35,36). The molecule has 1 aliphatic rings. The number of ether oxygens (including phenoxy) is 1. The zero-order valence-electron chi connectivity index (χ0n) is 24.8. The highest BCUT2D eigenvalue weighted by molar-refractivity contribution is 6.01. The second-order valence-electron chi connectivity index (χ2n) is 11.2. The van der Waals surface area contributed by atoms with Crippen molar-refractivity contribution in [2.24, 2.45) is 0 Å². The zero-order valence-corrected chi connectivity index (χ0v) is 24.8. The van der Waals surface area contributed by atoms with E-state index in [9.17, 15) is 14.8 Å². The molecule has 3 aromatic carbocycles. The van der Waals surface area contributed by atoms with Crippen molar-refractivity contribution >= 4 is 28.6 Å². The van der Waals surface area contributed by atoms with Crippen molar-refractivity contribution in [1.29, 1.82) is 0 Å². The van der Waals surface area contributed by atoms with E-state index in [4.69, 9.17) is 10.5 Å². The molecule has 1 fully saturated rings. The second kappa shape index (κ2) is 11.4. The quantitative estimate of drug-likeness (QED) is 0.147. The number of likely N-dealkylation sites (N-methyl/N-ethyl adjacent to an activating group) is 2. The Labute approximate surface area is 254 Å². The largest absolute Gasteiger partial charge is 0.633 e. The number of rotatable bonds is 9. The van der Waals surface area contributed by atoms with Gasteiger partial charge in [-0.25, -0.2) is 19.3 Å². The summed E-state index contributed by atoms with van der Waals surface area (Å²) in [5.74, 6) is 1.18. The molecule has 44 heavy (non-hydrogen) atoms. The smallest absolute Gasteiger partial charge is 0.339 e. The Bertz CT molecular complexity index is 1920. The molecule has 5 aromatic rings. The highest BCUT2D eigenvalue weighted by atomic mass is 16.5. The predicted octanol–water partition coefficient (Wildman–Crippen LogP) is 4.88. The van der Waals surface area contributed by atoms with Crippen molar-refractivity contribution in [3.8, 4) is 22.9 Å². The number of hydrogen-bond acceptors (Lipinski definition) is 7. The SMILES string of the molecule is Cc1ccc(-n2c(=O)n(-c3ccc(Oc4ccccc4)cc3)c3c(N)ncnc32)cc1N(C)C(=O)C=CC[N+](C)([O-])C1CC1. The molecule has 224 valence electrons. The molecule has 6 rings (SSSR count). The van der Waals surface area contributed by atoms with Gasteiger partial charge in [0.15, 0.2) is 11.5 Å². The summed E-state index contributed by atoms with van der Waals surface area (Å²) in [4.78, 5) is 37.2. The lowest BCUT2D eigenvalue weighted by atomic mass is 10.1. The number of para-hydroxylation sites is 1. The number of nitrogen functional groups attached to an aromatic ring is 1. The fraction of sp³-hybridized carbons (Fsp3) is 0.212. The van der Waals surface area contributed by atoms with Gasteiger partial charge >= 0.3 is 5.69 Å². The average molecular weight is 592 g/mol. The van der Waals surface area contributed by atoms with Crippen molar-refractivity contribution in [1.82, 2.24) is 19.1 Å². The third-order valence-electron chi connectivity index (χ3n) is 7.91. The molecule has 11 heteroatoms. The van der Waals surface area contributed by atoms with Crippen LogP contribution in [0.2, 0.25) is 0 Å². The Morgan fingerprint density at radius 3 is 2.43 bits per heavy atom. The number of aryl methyl sites for hydroxylation is 1. The van der Waals surface area contributed by atoms with Crippen LogP contribution in [0.15, 0.2) is 96.1 Å². The molecule has 0 bridgehead atoms. The summed E-state index contributed by atoms with van der Waals surface area (Å²) in [5, 5.41) is 12.6. The van der Waals surface area contributed by atoms with Crippen molar-refractivity contribution in [3.63, 3.8) is 0 Å². The zero-order chi connectivity index (χ0) is 31.0. The van der Waals surface area contributed by atoms with Gasteiger partial charge in [-0.1, -0.05) is 24.3 Å². The average Bonchev–Trinajstić information content (AvgIpc) is 3.83. The molecule has 1 unspecified atom stereocenters. The Kier molecular flexibility index (Phi) is 7.50. The number of carbonyl (C=O) groups excluding carboxylic acids is 1. The fourth-order valence-electron chi connectivity index (χ4n) is 5.27. The van der Waals surface area contributed by atoms with Crippen molar-refractivity contribution in [3.05, 3.63) is 113 Å². The van der Waals surface area contributed by atoms with Gasteiger partial charge in [-0.3, -0.25) is 9.36 Å². The number of quaternary nitrogens is 1. The van der Waals surface area contributed by atoms with Gasteiger partial charge in [0.05, 0.1) is 31.0 Å². The summed E-state index contributed by atoms with van der Waals surface area (Å²) in [6, 6.07) is 22.0. The monoisotopic (exact) mass is 591 g/mol. The molecule has 2 aromatic heterocycles. The number of carbonyl (C=O) groups is 1. The first kappa shape index (κ1) is 28.8. The highest BCUT2D eigenvalue weighted by Crippen LogP contribution is 2.31. The molecule has 11 nitrogen and oxygen atoms in total. The number of anilines is 2. The molecule has 1 aliphatic carbocycles. The Hall–Kier alpha value is -5.26. The van der Waals surface area contributed by atoms with Gasteiger partial charge in [0.25, 0.3) is 5.91 Å². The van der Waals surface area contributed by atoms with Crippen LogP contribution in [-0.4, -0.2) is 56.3 Å². The Morgan fingerprint density at radius 1 is 1.05 bits per heavy atom. The minimum Gasteiger partial charge on any atom is -0.633 e. The topological polar surface area (TPSA) is 131 Å². The van der Waals surface area contributed by atoms with Crippen LogP contribution >= 0.6 is 0 Å². The lowest BCUT2D eigenvalue weighted by Crippen LogP contribution is -2.40. The predicted molar refractivity (Wildman–Crippen MR) is 170 cm³/mol. The van der Waals surface area contributed by atoms with Gasteiger partial charge in [-0.05, 0) is 67.1 Å². The van der Waals surface area contributed by atoms with Gasteiger partial charge in [-0.2, -0.15) is 0 Å². The molecule has 0 saturated heterocycles. The van der Waals surface area contributed by atoms with E-state index in [1.807, 2.05) is 43.3 Å². The van der Waals surface area contributed by atoms with E-state index in [-0.39, 0.29) is 29.0 Å². The summed E-state index contributed by atoms with van der Waals surface area (Å²) in [6.07, 6.45) is 6.23. The summed E-state index contributed by atoms with van der Waals surface area (Å²) >= 11 is 0. The lowest BCUT2D eigenvalue weighted by molar-refractivity contribution is -0.865. The normalized spacial score (nSPS) is 14.5. The third kappa shape index (κ3) is 5.58. The molecule has 1 saturated carbocycles. The van der Waals surface area contributed by atoms with E-state index in [0.29, 0.717) is 39.7 Å². The van der Waals surface area contributed by atoms with Crippen LogP contribution in [0.3, 0.4) is 0 Å². The maximum absolute atomic E-state index is 14.1. The van der Waals surface area contributed by atoms with Gasteiger partial charge in [0.1, 0.15) is 23.3 Å². The molecule has 2 heterocycles. The summed E-state index contributed by atoms with van der Waals surface area (Å²) in [6.45, 7) is 2.12. The van der Waals surface area contributed by atoms with Crippen LogP contribution < -0.4 is 21.1 Å². The van der Waals surface area contributed by atoms with E-state index in [1.54, 1.807) is 56.6 Å². The van der Waals surface area contributed by atoms with E-state index in [2.05, 4.69) is 9.97 Å². The van der Waals surface area contributed by atoms with Crippen LogP contribution in [-0.2, 0) is 4.79 Å². The van der Waals surface area contributed by atoms with Crippen LogP contribution in [0.1, 0.15) is 18.4 Å². The minimum absolute atomic E-state index is 0.116. The van der Waals surface area contributed by atoms with Gasteiger partial charge in [-0.15, -0.1) is 0 Å². The number of aromatic nitrogens is 4. The number of fused-ring (bicyclic) bond motifs is 1. The molecule has 1 atom stereocenters. The number of amides is 1. The first-order valence-electron chi connectivity index (χ1n) is 14.3. The van der Waals surface area contributed by atoms with Gasteiger partial charge in [0.2, 0.25) is 0 Å². The van der Waals surface area contributed by atoms with Gasteiger partial charge < -0.3 is 25.2 Å². The molecule has 0 radical (unpaired) electrons. The minimum atomic E-state index is -0.403. The first-order chi connectivity index (χ1) is 21.1. The lowest BCUT2D eigenvalue weighted by Gasteiger charge is -2.38. The molecule has 2 N–H and O–H groups in total. The number of hydroxylamine groups is 3. The molecule has 0 spiro atoms. The Balaban J connectivity index is 1.34. The second-order valence-corrected chi connectivity index (χ2v) is 11.2. The molecular formula is C33H33N7O4. The van der Waals surface area contributed by atoms with E-state index >= 15 is 0 Å². The molecule has 1 amide bonds. The fourth-order valence-corrected chi connectivity index (χ4v) is 5.27. The molecular weight excluding hydrogens is 558 g/mol. The van der Waals surface area contributed by atoms with Crippen molar-refractivity contribution in [2.75, 3.05) is 31.3 Å². The number of benzene rings is 3. The highest BCUT2D eigenvalue weighted by Gasteiger charge is 2.34. The van der Waals surface area contributed by atoms with E-state index in [1.165, 1.54) is 26.4 Å². The van der Waals surface area contributed by atoms with Crippen LogP contribution in [0.25, 0.3) is 22.5 Å². The summed E-state index contributed by atoms with van der Waals surface area (Å²) in [5.41, 5.74) is 9.07. The number of imidazole rings is 1. The summed E-state index contributed by atoms with van der Waals surface area (Å²) < 4.78 is 8.46. The Morgan fingerprint density at radius 2 is 1.73 bits per heavy atom. The summed E-state index contributed by atoms with van der Waals surface area (Å²) in [7, 11) is 3.30. The van der Waals surface area contributed by atoms with Crippen LogP contribution in [0.5, 0.6) is 11.5 Å². The van der Waals surface area contributed by atoms with Crippen molar-refractivity contribution in [2.45, 2.75) is 25.8 Å². The van der Waals surface area contributed by atoms with Crippen LogP contribution in [0.4, 0.5) is 11.5 Å². The van der Waals surface area contributed by atoms with Gasteiger partial charge in [0, 0.05) is 31.7 Å². The molecule has 0 aliphatic heterocycles.